The largest absolute Gasteiger partial charge is 0.507 e. The van der Waals surface area contributed by atoms with Gasteiger partial charge in [-0.05, 0) is 66.8 Å². The highest BCUT2D eigenvalue weighted by atomic mass is 32.1. The molecule has 0 spiro atoms. The van der Waals surface area contributed by atoms with Crippen LogP contribution in [0.5, 0.6) is 5.75 Å². The van der Waals surface area contributed by atoms with Gasteiger partial charge in [0.15, 0.2) is 5.13 Å². The molecule has 1 atom stereocenters. The zero-order valence-corrected chi connectivity index (χ0v) is 19.8. The Morgan fingerprint density at radius 3 is 2.64 bits per heavy atom. The molecule has 1 N–H and O–H groups in total. The van der Waals surface area contributed by atoms with Crippen LogP contribution in [0.25, 0.3) is 16.0 Å². The molecule has 3 heterocycles. The molecule has 0 radical (unpaired) electrons. The number of aromatic nitrogens is 1. The number of amides is 1. The number of hydrogen-bond donors (Lipinski definition) is 1. The summed E-state index contributed by atoms with van der Waals surface area (Å²) in [6.07, 6.45) is 0. The smallest absolute Gasteiger partial charge is 0.301 e. The summed E-state index contributed by atoms with van der Waals surface area (Å²) in [7, 11) is 1.57. The highest BCUT2D eigenvalue weighted by Crippen LogP contribution is 2.45. The van der Waals surface area contributed by atoms with Crippen molar-refractivity contribution >= 4 is 55.5 Å². The zero-order valence-electron chi connectivity index (χ0n) is 18.2. The Kier molecular flexibility index (Phi) is 5.26. The number of carbonyl (C=O) groups is 2. The van der Waals surface area contributed by atoms with Gasteiger partial charge in [-0.2, -0.15) is 0 Å². The molecule has 166 valence electrons. The fourth-order valence-electron chi connectivity index (χ4n) is 4.05. The van der Waals surface area contributed by atoms with Crippen LogP contribution in [0.4, 0.5) is 5.13 Å². The number of hydrogen-bond acceptors (Lipinski definition) is 7. The zero-order chi connectivity index (χ0) is 23.3. The number of methoxy groups -OCH3 is 1. The van der Waals surface area contributed by atoms with E-state index in [1.165, 1.54) is 27.6 Å². The van der Waals surface area contributed by atoms with Crippen LogP contribution < -0.4 is 9.64 Å². The molecule has 0 bridgehead atoms. The third-order valence-electron chi connectivity index (χ3n) is 5.66. The third-order valence-corrected chi connectivity index (χ3v) is 7.61. The molecule has 33 heavy (non-hydrogen) atoms. The highest BCUT2D eigenvalue weighted by Gasteiger charge is 2.48. The lowest BCUT2D eigenvalue weighted by molar-refractivity contribution is -0.132. The Morgan fingerprint density at radius 2 is 1.94 bits per heavy atom. The molecular weight excluding hydrogens is 456 g/mol. The number of ketones is 1. The number of ether oxygens (including phenoxy) is 1. The van der Waals surface area contributed by atoms with Gasteiger partial charge in [-0.25, -0.2) is 4.98 Å². The molecule has 6 nitrogen and oxygen atoms in total. The number of thiophene rings is 1. The van der Waals surface area contributed by atoms with Gasteiger partial charge >= 0.3 is 5.91 Å². The monoisotopic (exact) mass is 476 g/mol. The number of fused-ring (bicyclic) bond motifs is 1. The van der Waals surface area contributed by atoms with Crippen molar-refractivity contribution in [2.24, 2.45) is 0 Å². The van der Waals surface area contributed by atoms with Crippen molar-refractivity contribution in [1.82, 2.24) is 4.98 Å². The van der Waals surface area contributed by atoms with E-state index in [1.807, 2.05) is 49.6 Å². The molecule has 1 saturated heterocycles. The number of Topliss-reactive ketones (excluding diaryl/α,β-unsaturated/α-hetero) is 1. The fraction of sp³-hybridized carbons (Fsp3) is 0.160. The van der Waals surface area contributed by atoms with Crippen LogP contribution in [0.3, 0.4) is 0 Å². The predicted molar refractivity (Wildman–Crippen MR) is 131 cm³/mol. The lowest BCUT2D eigenvalue weighted by atomic mass is 9.99. The van der Waals surface area contributed by atoms with Gasteiger partial charge in [0.1, 0.15) is 17.6 Å². The van der Waals surface area contributed by atoms with Crippen LogP contribution in [0.1, 0.15) is 27.6 Å². The summed E-state index contributed by atoms with van der Waals surface area (Å²) in [6, 6.07) is 14.0. The first kappa shape index (κ1) is 21.4. The van der Waals surface area contributed by atoms with Gasteiger partial charge < -0.3 is 9.84 Å². The summed E-state index contributed by atoms with van der Waals surface area (Å²) in [5, 5.41) is 13.5. The fourth-order valence-corrected chi connectivity index (χ4v) is 5.96. The number of thiazole rings is 1. The molecule has 1 aliphatic heterocycles. The Balaban J connectivity index is 1.70. The predicted octanol–water partition coefficient (Wildman–Crippen LogP) is 5.61. The number of aliphatic hydroxyl groups is 1. The molecule has 1 fully saturated rings. The number of carbonyl (C=O) groups excluding carboxylic acids is 2. The summed E-state index contributed by atoms with van der Waals surface area (Å²) < 4.78 is 6.24. The van der Waals surface area contributed by atoms with Gasteiger partial charge in [-0.1, -0.05) is 23.5 Å². The summed E-state index contributed by atoms with van der Waals surface area (Å²) in [5.41, 5.74) is 3.17. The van der Waals surface area contributed by atoms with Crippen molar-refractivity contribution in [3.63, 3.8) is 0 Å². The van der Waals surface area contributed by atoms with E-state index in [0.717, 1.165) is 26.2 Å². The van der Waals surface area contributed by atoms with Gasteiger partial charge in [-0.15, -0.1) is 11.3 Å². The second kappa shape index (κ2) is 8.13. The minimum absolute atomic E-state index is 0.0578. The maximum Gasteiger partial charge on any atom is 0.301 e. The summed E-state index contributed by atoms with van der Waals surface area (Å²) in [4.78, 5) is 33.3. The summed E-state index contributed by atoms with van der Waals surface area (Å²) >= 11 is 2.78. The van der Waals surface area contributed by atoms with Crippen LogP contribution in [-0.4, -0.2) is 28.9 Å². The molecule has 4 aromatic rings. The van der Waals surface area contributed by atoms with Gasteiger partial charge in [-0.3, -0.25) is 14.5 Å². The van der Waals surface area contributed by atoms with Gasteiger partial charge in [0, 0.05) is 10.4 Å². The molecule has 1 amide bonds. The van der Waals surface area contributed by atoms with Crippen LogP contribution >= 0.6 is 22.7 Å². The molecule has 1 unspecified atom stereocenters. The number of benzene rings is 2. The van der Waals surface area contributed by atoms with E-state index in [1.54, 1.807) is 25.3 Å². The van der Waals surface area contributed by atoms with Gasteiger partial charge in [0.05, 0.1) is 22.9 Å². The number of anilines is 1. The molecule has 0 aliphatic carbocycles. The number of aryl methyl sites for hydroxylation is 2. The van der Waals surface area contributed by atoms with Gasteiger partial charge in [0.2, 0.25) is 0 Å². The Hall–Kier alpha value is -3.49. The normalized spacial score (nSPS) is 17.8. The summed E-state index contributed by atoms with van der Waals surface area (Å²) in [5.74, 6) is -0.964. The van der Waals surface area contributed by atoms with Crippen LogP contribution in [0.15, 0.2) is 59.5 Å². The number of aliphatic hydroxyl groups excluding tert-OH is 1. The van der Waals surface area contributed by atoms with E-state index in [9.17, 15) is 14.7 Å². The van der Waals surface area contributed by atoms with E-state index in [0.29, 0.717) is 16.4 Å². The molecule has 8 heteroatoms. The quantitative estimate of drug-likeness (QED) is 0.235. The van der Waals surface area contributed by atoms with Crippen LogP contribution in [0, 0.1) is 13.8 Å². The average molecular weight is 477 g/mol. The standard InChI is InChI=1S/C25H20N2O4S2/c1-13-6-8-16-19(11-13)33-25(26-16)27-21(18-5-4-10-32-18)20(23(29)24(27)30)22(28)15-7-9-17(31-3)14(2)12-15/h4-12,21,28H,1-3H3/b22-20+. The molecule has 5 rings (SSSR count). The highest BCUT2D eigenvalue weighted by molar-refractivity contribution is 7.22. The second-order valence-corrected chi connectivity index (χ2v) is 9.82. The van der Waals surface area contributed by atoms with Crippen LogP contribution in [0.2, 0.25) is 0 Å². The first-order valence-electron chi connectivity index (χ1n) is 10.3. The Bertz CT molecular complexity index is 1440. The lowest BCUT2D eigenvalue weighted by Crippen LogP contribution is -2.28. The minimum Gasteiger partial charge on any atom is -0.507 e. The molecule has 1 aliphatic rings. The van der Waals surface area contributed by atoms with E-state index in [2.05, 4.69) is 4.98 Å². The lowest BCUT2D eigenvalue weighted by Gasteiger charge is -2.21. The van der Waals surface area contributed by atoms with E-state index >= 15 is 0 Å². The van der Waals surface area contributed by atoms with Crippen molar-refractivity contribution < 1.29 is 19.4 Å². The van der Waals surface area contributed by atoms with Gasteiger partial charge in [0.25, 0.3) is 5.78 Å². The van der Waals surface area contributed by atoms with E-state index in [4.69, 9.17) is 4.74 Å². The SMILES string of the molecule is COc1ccc(/C(O)=C2\C(=O)C(=O)N(c3nc4ccc(C)cc4s3)C2c2cccs2)cc1C. The minimum atomic E-state index is -0.755. The Labute approximate surface area is 198 Å². The molecule has 2 aromatic heterocycles. The van der Waals surface area contributed by atoms with Crippen molar-refractivity contribution in [3.05, 3.63) is 81.1 Å². The van der Waals surface area contributed by atoms with Crippen molar-refractivity contribution in [1.29, 1.82) is 0 Å². The molecule has 2 aromatic carbocycles. The van der Waals surface area contributed by atoms with Crippen molar-refractivity contribution in [3.8, 4) is 5.75 Å². The van der Waals surface area contributed by atoms with E-state index < -0.39 is 17.7 Å². The number of rotatable bonds is 4. The van der Waals surface area contributed by atoms with E-state index in [-0.39, 0.29) is 11.3 Å². The number of nitrogens with zero attached hydrogens (tertiary/aromatic N) is 2. The van der Waals surface area contributed by atoms with Crippen molar-refractivity contribution in [2.45, 2.75) is 19.9 Å². The maximum atomic E-state index is 13.3. The summed E-state index contributed by atoms with van der Waals surface area (Å²) in [6.45, 7) is 3.85. The molecule has 0 saturated carbocycles. The maximum absolute atomic E-state index is 13.3. The molecular formula is C25H20N2O4S2. The first-order valence-corrected chi connectivity index (χ1v) is 11.9. The topological polar surface area (TPSA) is 79.7 Å². The van der Waals surface area contributed by atoms with Crippen LogP contribution in [-0.2, 0) is 9.59 Å². The van der Waals surface area contributed by atoms with Crippen molar-refractivity contribution in [2.75, 3.05) is 12.0 Å². The third kappa shape index (κ3) is 3.51. The first-order chi connectivity index (χ1) is 15.9. The second-order valence-electron chi connectivity index (χ2n) is 7.84. The average Bonchev–Trinajstić information content (AvgIpc) is 3.52. The Morgan fingerprint density at radius 1 is 1.12 bits per heavy atom.